The summed E-state index contributed by atoms with van der Waals surface area (Å²) in [7, 11) is 0. The molecule has 0 aromatic heterocycles. The second kappa shape index (κ2) is 6.98. The second-order valence-electron chi connectivity index (χ2n) is 3.86. The molecule has 0 atom stereocenters. The molecule has 2 aromatic rings. The Bertz CT molecular complexity index is 436. The van der Waals surface area contributed by atoms with Gasteiger partial charge in [-0.1, -0.05) is 0 Å². The summed E-state index contributed by atoms with van der Waals surface area (Å²) >= 11 is -0.657. The topological polar surface area (TPSA) is 0 Å². The summed E-state index contributed by atoms with van der Waals surface area (Å²) < 4.78 is 4.73. The zero-order chi connectivity index (χ0) is 11.8. The summed E-state index contributed by atoms with van der Waals surface area (Å²) in [4.78, 5) is 0. The molecule has 0 aliphatic heterocycles. The van der Waals surface area contributed by atoms with Crippen LogP contribution in [-0.2, 0) is 17.1 Å². The molecular weight excluding hydrogens is 258 g/mol. The Morgan fingerprint density at radius 1 is 0.588 bits per heavy atom. The summed E-state index contributed by atoms with van der Waals surface area (Å²) in [6.07, 6.45) is 4.46. The maximum absolute atomic E-state index is 2.36. The molecule has 0 fully saturated rings. The quantitative estimate of drug-likeness (QED) is 0.723. The van der Waals surface area contributed by atoms with Gasteiger partial charge in [-0.05, 0) is 0 Å². The third kappa shape index (κ3) is 4.50. The molecule has 2 rings (SSSR count). The van der Waals surface area contributed by atoms with E-state index in [-0.39, 0.29) is 0 Å². The van der Waals surface area contributed by atoms with Crippen LogP contribution in [0.25, 0.3) is 12.2 Å². The van der Waals surface area contributed by atoms with Gasteiger partial charge in [-0.3, -0.25) is 0 Å². The predicted molar refractivity (Wildman–Crippen MR) is 71.0 cm³/mol. The van der Waals surface area contributed by atoms with E-state index in [1.54, 1.807) is 0 Å². The number of rotatable bonds is 4. The molecule has 17 heavy (non-hydrogen) atoms. The van der Waals surface area contributed by atoms with Crippen LogP contribution in [0.3, 0.4) is 0 Å². The number of benzene rings is 2. The summed E-state index contributed by atoms with van der Waals surface area (Å²) in [5.74, 6) is 0. The SMILES string of the molecule is [CH](=Cc1ccccc1)[Zn][CH]=Cc1ccccc1. The van der Waals surface area contributed by atoms with Crippen LogP contribution in [0.15, 0.2) is 70.0 Å². The molecule has 0 saturated carbocycles. The molecule has 0 amide bonds. The first-order valence-corrected chi connectivity index (χ1v) is 9.31. The molecule has 0 radical (unpaired) electrons. The second-order valence-corrected chi connectivity index (χ2v) is 6.83. The third-order valence-corrected chi connectivity index (χ3v) is 4.62. The zero-order valence-electron chi connectivity index (χ0n) is 9.79. The van der Waals surface area contributed by atoms with Gasteiger partial charge in [0.1, 0.15) is 0 Å². The summed E-state index contributed by atoms with van der Waals surface area (Å²) in [6, 6.07) is 21.0. The normalized spacial score (nSPS) is 10.8. The van der Waals surface area contributed by atoms with E-state index in [2.05, 4.69) is 70.0 Å². The van der Waals surface area contributed by atoms with E-state index >= 15 is 0 Å². The van der Waals surface area contributed by atoms with Crippen molar-refractivity contribution in [2.75, 3.05) is 0 Å². The van der Waals surface area contributed by atoms with Crippen LogP contribution in [0, 0.1) is 0 Å². The molecule has 0 spiro atoms. The van der Waals surface area contributed by atoms with Gasteiger partial charge in [0.15, 0.2) is 0 Å². The van der Waals surface area contributed by atoms with Crippen molar-refractivity contribution in [3.8, 4) is 0 Å². The van der Waals surface area contributed by atoms with Gasteiger partial charge < -0.3 is 0 Å². The maximum atomic E-state index is 2.36. The fourth-order valence-corrected chi connectivity index (χ4v) is 3.66. The van der Waals surface area contributed by atoms with Crippen LogP contribution in [0.5, 0.6) is 0 Å². The number of hydrogen-bond donors (Lipinski definition) is 0. The van der Waals surface area contributed by atoms with Crippen LogP contribution in [0.2, 0.25) is 0 Å². The van der Waals surface area contributed by atoms with Crippen molar-refractivity contribution >= 4 is 12.2 Å². The molecule has 80 valence electrons. The molecule has 1 heteroatoms. The fourth-order valence-electron chi connectivity index (χ4n) is 1.62. The fraction of sp³-hybridized carbons (Fsp3) is 0. The Morgan fingerprint density at radius 3 is 1.41 bits per heavy atom. The molecule has 0 aliphatic carbocycles. The van der Waals surface area contributed by atoms with Crippen molar-refractivity contribution < 1.29 is 17.1 Å². The van der Waals surface area contributed by atoms with Gasteiger partial charge in [-0.25, -0.2) is 0 Å². The Hall–Kier alpha value is -1.46. The van der Waals surface area contributed by atoms with Gasteiger partial charge in [0.05, 0.1) is 0 Å². The molecule has 2 aromatic carbocycles. The Kier molecular flexibility index (Phi) is 4.94. The predicted octanol–water partition coefficient (Wildman–Crippen LogP) is 4.41. The standard InChI is InChI=1S/2C8H7.Zn/c2*1-2-8-6-4-3-5-7-8;/h2*1-7H;. The molecule has 0 nitrogen and oxygen atoms in total. The summed E-state index contributed by atoms with van der Waals surface area (Å²) in [5.41, 5.74) is 2.59. The molecule has 0 unspecified atom stereocenters. The first kappa shape index (κ1) is 12.0. The number of hydrogen-bond acceptors (Lipinski definition) is 0. The van der Waals surface area contributed by atoms with Gasteiger partial charge in [0, 0.05) is 0 Å². The van der Waals surface area contributed by atoms with Crippen molar-refractivity contribution in [1.29, 1.82) is 0 Å². The summed E-state index contributed by atoms with van der Waals surface area (Å²) in [6.45, 7) is 0. The first-order chi connectivity index (χ1) is 8.45. The molecule has 0 saturated heterocycles. The van der Waals surface area contributed by atoms with Crippen molar-refractivity contribution in [2.24, 2.45) is 0 Å². The van der Waals surface area contributed by atoms with E-state index in [0.29, 0.717) is 0 Å². The van der Waals surface area contributed by atoms with Crippen LogP contribution in [0.4, 0.5) is 0 Å². The van der Waals surface area contributed by atoms with Gasteiger partial charge >= 0.3 is 110 Å². The molecule has 0 aliphatic rings. The minimum atomic E-state index is -0.657. The van der Waals surface area contributed by atoms with Gasteiger partial charge in [0.2, 0.25) is 0 Å². The van der Waals surface area contributed by atoms with Crippen molar-refractivity contribution in [3.05, 3.63) is 81.1 Å². The molecular formula is C16H14Zn. The van der Waals surface area contributed by atoms with Crippen LogP contribution in [0.1, 0.15) is 11.1 Å². The minimum absolute atomic E-state index is 0.657. The Morgan fingerprint density at radius 2 is 1.00 bits per heavy atom. The van der Waals surface area contributed by atoms with E-state index in [4.69, 9.17) is 0 Å². The van der Waals surface area contributed by atoms with Crippen molar-refractivity contribution in [1.82, 2.24) is 0 Å². The van der Waals surface area contributed by atoms with Gasteiger partial charge in [-0.2, -0.15) is 0 Å². The van der Waals surface area contributed by atoms with E-state index in [1.807, 2.05) is 12.1 Å². The summed E-state index contributed by atoms with van der Waals surface area (Å²) in [5, 5.41) is 0. The van der Waals surface area contributed by atoms with Crippen LogP contribution in [-0.4, -0.2) is 0 Å². The van der Waals surface area contributed by atoms with Crippen LogP contribution >= 0.6 is 0 Å². The van der Waals surface area contributed by atoms with Crippen molar-refractivity contribution in [3.63, 3.8) is 0 Å². The Balaban J connectivity index is 1.84. The first-order valence-electron chi connectivity index (χ1n) is 5.88. The van der Waals surface area contributed by atoms with Gasteiger partial charge in [-0.15, -0.1) is 0 Å². The van der Waals surface area contributed by atoms with E-state index < -0.39 is 17.1 Å². The van der Waals surface area contributed by atoms with Crippen LogP contribution < -0.4 is 0 Å². The van der Waals surface area contributed by atoms with Gasteiger partial charge in [0.25, 0.3) is 0 Å². The molecule has 0 bridgehead atoms. The van der Waals surface area contributed by atoms with E-state index in [0.717, 1.165) is 0 Å². The monoisotopic (exact) mass is 270 g/mol. The van der Waals surface area contributed by atoms with E-state index in [1.165, 1.54) is 11.1 Å². The molecule has 0 heterocycles. The molecule has 0 N–H and O–H groups in total. The third-order valence-electron chi connectivity index (χ3n) is 2.49. The average molecular weight is 272 g/mol. The Labute approximate surface area is 110 Å². The van der Waals surface area contributed by atoms with E-state index in [9.17, 15) is 0 Å². The van der Waals surface area contributed by atoms with Crippen molar-refractivity contribution in [2.45, 2.75) is 0 Å². The zero-order valence-corrected chi connectivity index (χ0v) is 12.8. The average Bonchev–Trinajstić information content (AvgIpc) is 2.41.